The summed E-state index contributed by atoms with van der Waals surface area (Å²) in [6.07, 6.45) is 0. The highest BCUT2D eigenvalue weighted by Crippen LogP contribution is 2.56. The number of anilines is 3. The first-order valence-electron chi connectivity index (χ1n) is 20.5. The Hall–Kier alpha value is -7.48. The van der Waals surface area contributed by atoms with Crippen LogP contribution in [0.2, 0.25) is 0 Å². The Kier molecular flexibility index (Phi) is 8.34. The fourth-order valence-corrected chi connectivity index (χ4v) is 9.52. The van der Waals surface area contributed by atoms with Crippen LogP contribution in [0.25, 0.3) is 66.1 Å². The van der Waals surface area contributed by atoms with E-state index in [0.717, 1.165) is 17.1 Å². The van der Waals surface area contributed by atoms with Crippen LogP contribution in [-0.4, -0.2) is 0 Å². The molecule has 278 valence electrons. The standard InChI is InChI=1S/C58H41N/c1-58(48-18-3-2-4-19-48)54-23-11-9-21-53(54)57-52(22-13-24-55(57)58)51-20-10-12-25-56(51)59(49-34-30-42(31-35-49)46-28-26-40-14-5-7-16-44(40)38-46)50-36-32-43(33-37-50)47-29-27-41-15-6-8-17-45(41)39-47/h2-39H,1H3. The maximum Gasteiger partial charge on any atom is 0.0540 e. The van der Waals surface area contributed by atoms with Gasteiger partial charge in [-0.2, -0.15) is 0 Å². The molecule has 1 nitrogen and oxygen atoms in total. The van der Waals surface area contributed by atoms with Crippen molar-refractivity contribution in [2.45, 2.75) is 12.3 Å². The number of hydrogen-bond acceptors (Lipinski definition) is 1. The van der Waals surface area contributed by atoms with E-state index < -0.39 is 0 Å². The highest BCUT2D eigenvalue weighted by molar-refractivity contribution is 5.99. The Bertz CT molecular complexity index is 3040. The zero-order valence-corrected chi connectivity index (χ0v) is 32.9. The van der Waals surface area contributed by atoms with Crippen LogP contribution in [0.3, 0.4) is 0 Å². The van der Waals surface area contributed by atoms with Crippen molar-refractivity contribution in [3.63, 3.8) is 0 Å². The number of para-hydroxylation sites is 1. The van der Waals surface area contributed by atoms with Gasteiger partial charge in [0, 0.05) is 22.4 Å². The Morgan fingerprint density at radius 1 is 0.322 bits per heavy atom. The molecule has 0 bridgehead atoms. The first-order valence-corrected chi connectivity index (χ1v) is 20.5. The summed E-state index contributed by atoms with van der Waals surface area (Å²) in [5, 5.41) is 5.00. The van der Waals surface area contributed by atoms with E-state index in [1.807, 2.05) is 0 Å². The van der Waals surface area contributed by atoms with Crippen LogP contribution in [0.4, 0.5) is 17.1 Å². The zero-order valence-electron chi connectivity index (χ0n) is 32.9. The quantitative estimate of drug-likeness (QED) is 0.157. The zero-order chi connectivity index (χ0) is 39.3. The van der Waals surface area contributed by atoms with Crippen molar-refractivity contribution in [3.05, 3.63) is 247 Å². The third-order valence-corrected chi connectivity index (χ3v) is 12.5. The van der Waals surface area contributed by atoms with Crippen molar-refractivity contribution in [1.82, 2.24) is 0 Å². The summed E-state index contributed by atoms with van der Waals surface area (Å²) in [6.45, 7) is 2.39. The van der Waals surface area contributed by atoms with Gasteiger partial charge in [-0.15, -0.1) is 0 Å². The molecule has 0 spiro atoms. The number of benzene rings is 10. The van der Waals surface area contributed by atoms with E-state index in [0.29, 0.717) is 0 Å². The Labute approximate surface area is 346 Å². The molecule has 10 aromatic rings. The van der Waals surface area contributed by atoms with E-state index in [4.69, 9.17) is 0 Å². The van der Waals surface area contributed by atoms with Crippen LogP contribution in [0, 0.1) is 0 Å². The lowest BCUT2D eigenvalue weighted by Crippen LogP contribution is -2.22. The molecular weight excluding hydrogens is 711 g/mol. The Balaban J connectivity index is 1.07. The molecule has 1 aliphatic carbocycles. The van der Waals surface area contributed by atoms with Gasteiger partial charge in [-0.1, -0.05) is 188 Å². The van der Waals surface area contributed by atoms with Crippen LogP contribution >= 0.6 is 0 Å². The second-order valence-electron chi connectivity index (χ2n) is 15.8. The van der Waals surface area contributed by atoms with E-state index in [1.165, 1.54) is 82.7 Å². The Morgan fingerprint density at radius 2 is 0.780 bits per heavy atom. The van der Waals surface area contributed by atoms with E-state index in [-0.39, 0.29) is 5.41 Å². The summed E-state index contributed by atoms with van der Waals surface area (Å²) in [4.78, 5) is 2.43. The summed E-state index contributed by atoms with van der Waals surface area (Å²) in [5.41, 5.74) is 16.9. The van der Waals surface area contributed by atoms with E-state index >= 15 is 0 Å². The van der Waals surface area contributed by atoms with Gasteiger partial charge < -0.3 is 4.90 Å². The van der Waals surface area contributed by atoms with E-state index in [9.17, 15) is 0 Å². The maximum absolute atomic E-state index is 2.43. The number of nitrogens with zero attached hydrogens (tertiary/aromatic N) is 1. The molecule has 0 N–H and O–H groups in total. The molecule has 1 atom stereocenters. The molecule has 1 unspecified atom stereocenters. The average Bonchev–Trinajstić information content (AvgIpc) is 3.58. The lowest BCUT2D eigenvalue weighted by Gasteiger charge is -2.30. The molecule has 10 aromatic carbocycles. The minimum Gasteiger partial charge on any atom is -0.310 e. The van der Waals surface area contributed by atoms with Gasteiger partial charge in [0.15, 0.2) is 0 Å². The minimum absolute atomic E-state index is 0.283. The van der Waals surface area contributed by atoms with Crippen molar-refractivity contribution in [2.24, 2.45) is 0 Å². The molecular formula is C58H41N. The monoisotopic (exact) mass is 751 g/mol. The molecule has 1 aliphatic rings. The second-order valence-corrected chi connectivity index (χ2v) is 15.8. The van der Waals surface area contributed by atoms with Gasteiger partial charge in [0.2, 0.25) is 0 Å². The van der Waals surface area contributed by atoms with Crippen LogP contribution in [0.5, 0.6) is 0 Å². The first-order chi connectivity index (χ1) is 29.1. The molecule has 59 heavy (non-hydrogen) atoms. The largest absolute Gasteiger partial charge is 0.310 e. The van der Waals surface area contributed by atoms with Gasteiger partial charge in [0.25, 0.3) is 0 Å². The first kappa shape index (κ1) is 34.7. The van der Waals surface area contributed by atoms with Crippen molar-refractivity contribution >= 4 is 38.6 Å². The summed E-state index contributed by atoms with van der Waals surface area (Å²) in [5.74, 6) is 0. The lowest BCUT2D eigenvalue weighted by molar-refractivity contribution is 0.714. The number of hydrogen-bond donors (Lipinski definition) is 0. The lowest BCUT2D eigenvalue weighted by atomic mass is 9.74. The third-order valence-electron chi connectivity index (χ3n) is 12.5. The summed E-state index contributed by atoms with van der Waals surface area (Å²) in [7, 11) is 0. The van der Waals surface area contributed by atoms with Gasteiger partial charge in [-0.25, -0.2) is 0 Å². The molecule has 0 aromatic heterocycles. The molecule has 0 aliphatic heterocycles. The van der Waals surface area contributed by atoms with Gasteiger partial charge in [-0.05, 0) is 127 Å². The van der Waals surface area contributed by atoms with Gasteiger partial charge in [0.05, 0.1) is 5.69 Å². The fourth-order valence-electron chi connectivity index (χ4n) is 9.52. The normalized spacial score (nSPS) is 14.3. The molecule has 0 radical (unpaired) electrons. The van der Waals surface area contributed by atoms with Crippen molar-refractivity contribution in [3.8, 4) is 44.5 Å². The smallest absolute Gasteiger partial charge is 0.0540 e. The van der Waals surface area contributed by atoms with Crippen LogP contribution in [0.1, 0.15) is 23.6 Å². The maximum atomic E-state index is 2.43. The third kappa shape index (κ3) is 5.86. The SMILES string of the molecule is CC1(c2ccccc2)c2ccccc2-c2c(-c3ccccc3N(c3ccc(-c4ccc5ccccc5c4)cc3)c3ccc(-c4ccc5ccccc5c4)cc3)cccc21. The van der Waals surface area contributed by atoms with E-state index in [1.54, 1.807) is 0 Å². The predicted molar refractivity (Wildman–Crippen MR) is 250 cm³/mol. The topological polar surface area (TPSA) is 3.24 Å². The van der Waals surface area contributed by atoms with Crippen molar-refractivity contribution < 1.29 is 0 Å². The molecule has 0 fully saturated rings. The average molecular weight is 752 g/mol. The number of fused-ring (bicyclic) bond motifs is 5. The molecule has 0 saturated heterocycles. The van der Waals surface area contributed by atoms with E-state index in [2.05, 4.69) is 242 Å². The second kappa shape index (κ2) is 14.2. The molecule has 0 amide bonds. The number of rotatable bonds is 7. The van der Waals surface area contributed by atoms with Crippen LogP contribution in [-0.2, 0) is 5.41 Å². The van der Waals surface area contributed by atoms with Gasteiger partial charge in [0.1, 0.15) is 0 Å². The van der Waals surface area contributed by atoms with Crippen molar-refractivity contribution in [2.75, 3.05) is 4.90 Å². The minimum atomic E-state index is -0.283. The van der Waals surface area contributed by atoms with Gasteiger partial charge in [-0.3, -0.25) is 0 Å². The highest BCUT2D eigenvalue weighted by atomic mass is 15.1. The predicted octanol–water partition coefficient (Wildman–Crippen LogP) is 15.8. The van der Waals surface area contributed by atoms with Gasteiger partial charge >= 0.3 is 0 Å². The summed E-state index contributed by atoms with van der Waals surface area (Å²) < 4.78 is 0. The van der Waals surface area contributed by atoms with Crippen LogP contribution < -0.4 is 4.90 Å². The molecule has 1 heteroatoms. The molecule has 0 saturated carbocycles. The molecule has 0 heterocycles. The van der Waals surface area contributed by atoms with Crippen LogP contribution in [0.15, 0.2) is 231 Å². The highest BCUT2D eigenvalue weighted by Gasteiger charge is 2.41. The summed E-state index contributed by atoms with van der Waals surface area (Å²) in [6, 6.07) is 84.6. The molecule has 11 rings (SSSR count). The fraction of sp³-hybridized carbons (Fsp3) is 0.0345. The van der Waals surface area contributed by atoms with Crippen molar-refractivity contribution in [1.29, 1.82) is 0 Å². The Morgan fingerprint density at radius 3 is 1.39 bits per heavy atom. The summed E-state index contributed by atoms with van der Waals surface area (Å²) >= 11 is 0.